The summed E-state index contributed by atoms with van der Waals surface area (Å²) in [7, 11) is 1.85. The maximum Gasteiger partial charge on any atom is 0.201 e. The molecule has 104 valence electrons. The number of rotatable bonds is 2. The molecule has 0 aliphatic heterocycles. The molecule has 0 aliphatic rings. The molecule has 0 unspecified atom stereocenters. The second-order valence-electron chi connectivity index (χ2n) is 4.72. The second-order valence-corrected chi connectivity index (χ2v) is 5.13. The Morgan fingerprint density at radius 1 is 1.40 bits per heavy atom. The number of nitrogen functional groups attached to an aromatic ring is 1. The summed E-state index contributed by atoms with van der Waals surface area (Å²) in [6.07, 6.45) is 1.91. The minimum Gasteiger partial charge on any atom is -0.369 e. The molecule has 0 amide bonds. The Labute approximate surface area is 119 Å². The molecule has 0 saturated heterocycles. The van der Waals surface area contributed by atoms with Gasteiger partial charge in [-0.2, -0.15) is 5.10 Å². The summed E-state index contributed by atoms with van der Waals surface area (Å²) in [6.45, 7) is 2.41. The normalized spacial score (nSPS) is 11.4. The number of halogens is 2. The maximum atomic E-state index is 13.6. The molecule has 0 bridgehead atoms. The molecule has 2 heterocycles. The third-order valence-corrected chi connectivity index (χ3v) is 3.55. The Kier molecular flexibility index (Phi) is 2.90. The highest BCUT2D eigenvalue weighted by Gasteiger charge is 2.14. The van der Waals surface area contributed by atoms with E-state index in [9.17, 15) is 4.39 Å². The fourth-order valence-electron chi connectivity index (χ4n) is 2.28. The van der Waals surface area contributed by atoms with Crippen LogP contribution in [-0.4, -0.2) is 19.3 Å². The van der Waals surface area contributed by atoms with Gasteiger partial charge in [0.05, 0.1) is 28.3 Å². The van der Waals surface area contributed by atoms with Crippen molar-refractivity contribution in [2.24, 2.45) is 7.05 Å². The Bertz CT molecular complexity index is 805. The van der Waals surface area contributed by atoms with Crippen molar-refractivity contribution in [3.63, 3.8) is 0 Å². The molecule has 3 rings (SSSR count). The summed E-state index contributed by atoms with van der Waals surface area (Å²) in [5.41, 5.74) is 9.03. The smallest absolute Gasteiger partial charge is 0.201 e. The molecular weight excluding hydrogens is 281 g/mol. The van der Waals surface area contributed by atoms with E-state index in [0.717, 1.165) is 11.3 Å². The lowest BCUT2D eigenvalue weighted by molar-refractivity contribution is 0.629. The number of fused-ring (bicyclic) bond motifs is 1. The largest absolute Gasteiger partial charge is 0.369 e. The lowest BCUT2D eigenvalue weighted by Gasteiger charge is -2.05. The molecule has 0 aliphatic carbocycles. The van der Waals surface area contributed by atoms with Gasteiger partial charge in [0.1, 0.15) is 5.82 Å². The van der Waals surface area contributed by atoms with E-state index in [-0.39, 0.29) is 5.02 Å². The fourth-order valence-corrected chi connectivity index (χ4v) is 2.44. The zero-order chi connectivity index (χ0) is 14.4. The van der Waals surface area contributed by atoms with Crippen LogP contribution < -0.4 is 5.73 Å². The van der Waals surface area contributed by atoms with Crippen LogP contribution in [0.3, 0.4) is 0 Å². The van der Waals surface area contributed by atoms with Crippen LogP contribution in [0, 0.1) is 12.7 Å². The maximum absolute atomic E-state index is 13.6. The Hall–Kier alpha value is -2.08. The van der Waals surface area contributed by atoms with Crippen molar-refractivity contribution in [1.29, 1.82) is 0 Å². The molecule has 0 spiro atoms. The van der Waals surface area contributed by atoms with Gasteiger partial charge in [-0.3, -0.25) is 4.68 Å². The van der Waals surface area contributed by atoms with E-state index < -0.39 is 5.82 Å². The minimum atomic E-state index is -0.483. The van der Waals surface area contributed by atoms with Gasteiger partial charge in [0, 0.05) is 24.9 Å². The molecule has 0 saturated carbocycles. The standard InChI is InChI=1S/C13H13ClFN5/c1-7-8(5-19(2)18-7)6-20-12-4-10(15)9(14)3-11(12)17-13(20)16/h3-5H,6H2,1-2H3,(H2,16,17). The average molecular weight is 294 g/mol. The van der Waals surface area contributed by atoms with Gasteiger partial charge in [0.25, 0.3) is 0 Å². The van der Waals surface area contributed by atoms with Crippen LogP contribution in [0.25, 0.3) is 11.0 Å². The number of aromatic nitrogens is 4. The molecule has 1 aromatic carbocycles. The van der Waals surface area contributed by atoms with Gasteiger partial charge in [-0.15, -0.1) is 0 Å². The monoisotopic (exact) mass is 293 g/mol. The predicted molar refractivity (Wildman–Crippen MR) is 76.2 cm³/mol. The van der Waals surface area contributed by atoms with Gasteiger partial charge in [-0.25, -0.2) is 9.37 Å². The molecule has 2 aromatic heterocycles. The molecule has 0 fully saturated rings. The average Bonchev–Trinajstić information content (AvgIpc) is 2.83. The summed E-state index contributed by atoms with van der Waals surface area (Å²) in [5, 5.41) is 4.32. The van der Waals surface area contributed by atoms with Crippen LogP contribution in [0.4, 0.5) is 10.3 Å². The molecule has 3 aromatic rings. The number of aryl methyl sites for hydroxylation is 2. The van der Waals surface area contributed by atoms with E-state index in [1.54, 1.807) is 9.25 Å². The summed E-state index contributed by atoms with van der Waals surface area (Å²) < 4.78 is 17.1. The number of benzene rings is 1. The Morgan fingerprint density at radius 2 is 2.15 bits per heavy atom. The molecule has 5 nitrogen and oxygen atoms in total. The van der Waals surface area contributed by atoms with Gasteiger partial charge in [-0.05, 0) is 13.0 Å². The van der Waals surface area contributed by atoms with Crippen LogP contribution >= 0.6 is 11.6 Å². The number of nitrogens with two attached hydrogens (primary N) is 1. The van der Waals surface area contributed by atoms with Crippen molar-refractivity contribution in [2.75, 3.05) is 5.73 Å². The number of hydrogen-bond acceptors (Lipinski definition) is 3. The highest BCUT2D eigenvalue weighted by atomic mass is 35.5. The van der Waals surface area contributed by atoms with E-state index in [1.807, 2.05) is 20.2 Å². The van der Waals surface area contributed by atoms with Crippen LogP contribution in [0.5, 0.6) is 0 Å². The SMILES string of the molecule is Cc1nn(C)cc1Cn1c(N)nc2cc(Cl)c(F)cc21. The summed E-state index contributed by atoms with van der Waals surface area (Å²) >= 11 is 5.76. The first kappa shape index (κ1) is 12.9. The summed E-state index contributed by atoms with van der Waals surface area (Å²) in [4.78, 5) is 4.21. The predicted octanol–water partition coefficient (Wildman–Crippen LogP) is 2.50. The topological polar surface area (TPSA) is 61.7 Å². The zero-order valence-corrected chi connectivity index (χ0v) is 11.8. The first-order valence-electron chi connectivity index (χ1n) is 6.05. The molecule has 2 N–H and O–H groups in total. The number of anilines is 1. The fraction of sp³-hybridized carbons (Fsp3) is 0.231. The highest BCUT2D eigenvalue weighted by molar-refractivity contribution is 6.31. The van der Waals surface area contributed by atoms with Crippen LogP contribution in [0.15, 0.2) is 18.3 Å². The summed E-state index contributed by atoms with van der Waals surface area (Å²) in [5.74, 6) is -0.159. The molecule has 20 heavy (non-hydrogen) atoms. The lowest BCUT2D eigenvalue weighted by Crippen LogP contribution is -2.05. The zero-order valence-electron chi connectivity index (χ0n) is 11.1. The van der Waals surface area contributed by atoms with Crippen molar-refractivity contribution in [2.45, 2.75) is 13.5 Å². The minimum absolute atomic E-state index is 0.0414. The van der Waals surface area contributed by atoms with E-state index in [4.69, 9.17) is 17.3 Å². The molecule has 0 atom stereocenters. The van der Waals surface area contributed by atoms with Gasteiger partial charge in [-0.1, -0.05) is 11.6 Å². The van der Waals surface area contributed by atoms with Crippen molar-refractivity contribution in [3.8, 4) is 0 Å². The highest BCUT2D eigenvalue weighted by Crippen LogP contribution is 2.25. The van der Waals surface area contributed by atoms with E-state index in [2.05, 4.69) is 10.1 Å². The van der Waals surface area contributed by atoms with Crippen molar-refractivity contribution in [3.05, 3.63) is 40.4 Å². The van der Waals surface area contributed by atoms with Crippen LogP contribution in [0.1, 0.15) is 11.3 Å². The van der Waals surface area contributed by atoms with Gasteiger partial charge >= 0.3 is 0 Å². The van der Waals surface area contributed by atoms with Crippen molar-refractivity contribution < 1.29 is 4.39 Å². The second kappa shape index (κ2) is 4.49. The van der Waals surface area contributed by atoms with Crippen molar-refractivity contribution in [1.82, 2.24) is 19.3 Å². The van der Waals surface area contributed by atoms with Gasteiger partial charge < -0.3 is 10.3 Å². The first-order valence-corrected chi connectivity index (χ1v) is 6.43. The molecule has 7 heteroatoms. The summed E-state index contributed by atoms with van der Waals surface area (Å²) in [6, 6.07) is 2.84. The first-order chi connectivity index (χ1) is 9.45. The number of hydrogen-bond donors (Lipinski definition) is 1. The van der Waals surface area contributed by atoms with E-state index in [1.165, 1.54) is 12.1 Å². The van der Waals surface area contributed by atoms with Crippen LogP contribution in [-0.2, 0) is 13.6 Å². The van der Waals surface area contributed by atoms with E-state index >= 15 is 0 Å². The third kappa shape index (κ3) is 2.02. The van der Waals surface area contributed by atoms with Gasteiger partial charge in [0.2, 0.25) is 5.95 Å². The van der Waals surface area contributed by atoms with E-state index in [0.29, 0.717) is 23.5 Å². The number of nitrogens with zero attached hydrogens (tertiary/aromatic N) is 4. The van der Waals surface area contributed by atoms with Crippen LogP contribution in [0.2, 0.25) is 5.02 Å². The lowest BCUT2D eigenvalue weighted by atomic mass is 10.2. The number of imidazole rings is 1. The Balaban J connectivity index is 2.13. The van der Waals surface area contributed by atoms with Gasteiger partial charge in [0.15, 0.2) is 0 Å². The quantitative estimate of drug-likeness (QED) is 0.789. The van der Waals surface area contributed by atoms with Crippen molar-refractivity contribution >= 4 is 28.6 Å². The molecular formula is C13H13ClFN5. The third-order valence-electron chi connectivity index (χ3n) is 3.26. The Morgan fingerprint density at radius 3 is 2.80 bits per heavy atom. The molecule has 0 radical (unpaired) electrons.